The standard InChI is InChI=1S/C22H30ClN3.C4H6O4/c1-16(2)13-25-14-17-3-5-18(6-4-17)15-26-22-20-10-12-24-11-9-19(20)7-8-21(22)23;5-3(6)1-2-4(7)8/h3-8,16,24-26H,9-15H2,1-2H3;1-2H2,(H,5,6)(H,7,8). The highest BCUT2D eigenvalue weighted by Gasteiger charge is 2.14. The summed E-state index contributed by atoms with van der Waals surface area (Å²) in [5.74, 6) is -1.47. The number of aliphatic carboxylic acids is 2. The van der Waals surface area contributed by atoms with Crippen LogP contribution in [0.25, 0.3) is 0 Å². The van der Waals surface area contributed by atoms with Gasteiger partial charge in [0.05, 0.1) is 23.6 Å². The van der Waals surface area contributed by atoms with Crippen molar-refractivity contribution in [3.05, 3.63) is 63.7 Å². The summed E-state index contributed by atoms with van der Waals surface area (Å²) in [6.07, 6.45) is 1.50. The van der Waals surface area contributed by atoms with E-state index in [9.17, 15) is 9.59 Å². The van der Waals surface area contributed by atoms with Crippen molar-refractivity contribution in [2.24, 2.45) is 5.92 Å². The molecule has 0 atom stereocenters. The maximum Gasteiger partial charge on any atom is 0.303 e. The molecule has 0 spiro atoms. The Morgan fingerprint density at radius 1 is 0.941 bits per heavy atom. The Labute approximate surface area is 206 Å². The number of carboxylic acids is 2. The van der Waals surface area contributed by atoms with Crippen LogP contribution in [-0.4, -0.2) is 41.8 Å². The second-order valence-corrected chi connectivity index (χ2v) is 9.20. The molecule has 1 aliphatic rings. The molecule has 0 saturated heterocycles. The average Bonchev–Trinajstić information content (AvgIpc) is 3.04. The number of nitrogens with one attached hydrogen (secondary N) is 3. The molecule has 2 aromatic rings. The van der Waals surface area contributed by atoms with Gasteiger partial charge in [-0.05, 0) is 66.7 Å². The van der Waals surface area contributed by atoms with E-state index in [2.05, 4.69) is 60.1 Å². The highest BCUT2D eigenvalue weighted by atomic mass is 35.5. The van der Waals surface area contributed by atoms with Crippen LogP contribution in [0.2, 0.25) is 5.02 Å². The zero-order valence-corrected chi connectivity index (χ0v) is 20.8. The van der Waals surface area contributed by atoms with E-state index in [1.54, 1.807) is 0 Å². The van der Waals surface area contributed by atoms with E-state index in [1.807, 2.05) is 6.07 Å². The van der Waals surface area contributed by atoms with Crippen molar-refractivity contribution in [3.63, 3.8) is 0 Å². The summed E-state index contributed by atoms with van der Waals surface area (Å²) in [6.45, 7) is 9.29. The van der Waals surface area contributed by atoms with E-state index in [4.69, 9.17) is 21.8 Å². The summed E-state index contributed by atoms with van der Waals surface area (Å²) >= 11 is 6.50. The first-order valence-electron chi connectivity index (χ1n) is 11.7. The van der Waals surface area contributed by atoms with Crippen LogP contribution in [-0.2, 0) is 35.5 Å². The Morgan fingerprint density at radius 3 is 2.12 bits per heavy atom. The molecule has 0 unspecified atom stereocenters. The maximum atomic E-state index is 9.64. The smallest absolute Gasteiger partial charge is 0.303 e. The van der Waals surface area contributed by atoms with Crippen LogP contribution in [0.4, 0.5) is 5.69 Å². The van der Waals surface area contributed by atoms with Gasteiger partial charge in [-0.3, -0.25) is 9.59 Å². The van der Waals surface area contributed by atoms with Crippen molar-refractivity contribution >= 4 is 29.2 Å². The Morgan fingerprint density at radius 2 is 1.53 bits per heavy atom. The molecule has 0 saturated carbocycles. The fourth-order valence-corrected chi connectivity index (χ4v) is 3.86. The predicted octanol–water partition coefficient (Wildman–Crippen LogP) is 4.32. The second-order valence-electron chi connectivity index (χ2n) is 8.79. The van der Waals surface area contributed by atoms with E-state index in [-0.39, 0.29) is 12.8 Å². The summed E-state index contributed by atoms with van der Waals surface area (Å²) in [7, 11) is 0. The fraction of sp³-hybridized carbons (Fsp3) is 0.462. The summed E-state index contributed by atoms with van der Waals surface area (Å²) in [6, 6.07) is 13.0. The molecule has 1 aliphatic heterocycles. The van der Waals surface area contributed by atoms with Gasteiger partial charge in [-0.25, -0.2) is 0 Å². The zero-order chi connectivity index (χ0) is 24.9. The lowest BCUT2D eigenvalue weighted by Crippen LogP contribution is -2.18. The highest BCUT2D eigenvalue weighted by molar-refractivity contribution is 6.33. The number of hydrogen-bond acceptors (Lipinski definition) is 5. The number of carboxylic acid groups (broad SMARTS) is 2. The number of benzene rings is 2. The topological polar surface area (TPSA) is 111 Å². The largest absolute Gasteiger partial charge is 0.481 e. The van der Waals surface area contributed by atoms with Gasteiger partial charge in [0, 0.05) is 13.1 Å². The molecular formula is C26H36ClN3O4. The van der Waals surface area contributed by atoms with E-state index in [0.717, 1.165) is 56.3 Å². The van der Waals surface area contributed by atoms with Gasteiger partial charge >= 0.3 is 11.9 Å². The fourth-order valence-electron chi connectivity index (χ4n) is 3.62. The molecule has 0 bridgehead atoms. The Bertz CT molecular complexity index is 918. The number of fused-ring (bicyclic) bond motifs is 1. The van der Waals surface area contributed by atoms with Gasteiger partial charge < -0.3 is 26.2 Å². The van der Waals surface area contributed by atoms with Crippen molar-refractivity contribution in [3.8, 4) is 0 Å². The first-order chi connectivity index (χ1) is 16.3. The van der Waals surface area contributed by atoms with Crippen LogP contribution >= 0.6 is 11.6 Å². The SMILES string of the molecule is CC(C)CNCc1ccc(CNc2c(Cl)ccc3c2CCNCC3)cc1.O=C(O)CCC(=O)O. The minimum atomic E-state index is -1.08. The molecule has 0 radical (unpaired) electrons. The lowest BCUT2D eigenvalue weighted by atomic mass is 10.0. The Balaban J connectivity index is 0.000000440. The number of hydrogen-bond donors (Lipinski definition) is 5. The molecule has 0 aromatic heterocycles. The van der Waals surface area contributed by atoms with E-state index in [0.29, 0.717) is 5.92 Å². The molecule has 0 amide bonds. The van der Waals surface area contributed by atoms with Crippen molar-refractivity contribution in [2.45, 2.75) is 52.6 Å². The van der Waals surface area contributed by atoms with Gasteiger partial charge in [-0.1, -0.05) is 55.8 Å². The average molecular weight is 490 g/mol. The lowest BCUT2D eigenvalue weighted by molar-refractivity contribution is -0.143. The third kappa shape index (κ3) is 10.1. The molecule has 2 aromatic carbocycles. The molecule has 3 rings (SSSR count). The van der Waals surface area contributed by atoms with Crippen LogP contribution < -0.4 is 16.0 Å². The number of rotatable bonds is 10. The van der Waals surface area contributed by atoms with Gasteiger partial charge in [-0.2, -0.15) is 0 Å². The minimum absolute atomic E-state index is 0.296. The molecule has 7 nitrogen and oxygen atoms in total. The molecule has 8 heteroatoms. The molecule has 0 aliphatic carbocycles. The first kappa shape index (κ1) is 27.6. The quantitative estimate of drug-likeness (QED) is 0.338. The summed E-state index contributed by atoms with van der Waals surface area (Å²) < 4.78 is 0. The van der Waals surface area contributed by atoms with Crippen LogP contribution in [0.3, 0.4) is 0 Å². The van der Waals surface area contributed by atoms with Gasteiger partial charge in [0.1, 0.15) is 0 Å². The molecule has 5 N–H and O–H groups in total. The third-order valence-corrected chi connectivity index (χ3v) is 5.72. The zero-order valence-electron chi connectivity index (χ0n) is 20.0. The molecule has 34 heavy (non-hydrogen) atoms. The first-order valence-corrected chi connectivity index (χ1v) is 12.1. The lowest BCUT2D eigenvalue weighted by Gasteiger charge is -2.16. The van der Waals surface area contributed by atoms with Crippen molar-refractivity contribution in [1.29, 1.82) is 0 Å². The van der Waals surface area contributed by atoms with Gasteiger partial charge in [0.15, 0.2) is 0 Å². The van der Waals surface area contributed by atoms with Crippen molar-refractivity contribution in [1.82, 2.24) is 10.6 Å². The van der Waals surface area contributed by atoms with E-state index < -0.39 is 11.9 Å². The second kappa shape index (κ2) is 14.6. The number of anilines is 1. The minimum Gasteiger partial charge on any atom is -0.481 e. The van der Waals surface area contributed by atoms with Gasteiger partial charge in [-0.15, -0.1) is 0 Å². The third-order valence-electron chi connectivity index (χ3n) is 5.41. The summed E-state index contributed by atoms with van der Waals surface area (Å²) in [5.41, 5.74) is 6.49. The number of carbonyl (C=O) groups is 2. The molecular weight excluding hydrogens is 454 g/mol. The van der Waals surface area contributed by atoms with Crippen LogP contribution in [0, 0.1) is 5.92 Å². The van der Waals surface area contributed by atoms with Crippen LogP contribution in [0.5, 0.6) is 0 Å². The van der Waals surface area contributed by atoms with Crippen molar-refractivity contribution in [2.75, 3.05) is 25.0 Å². The predicted molar refractivity (Wildman–Crippen MR) is 137 cm³/mol. The van der Waals surface area contributed by atoms with E-state index in [1.165, 1.54) is 22.3 Å². The normalized spacial score (nSPS) is 12.8. The van der Waals surface area contributed by atoms with Gasteiger partial charge in [0.25, 0.3) is 0 Å². The highest BCUT2D eigenvalue weighted by Crippen LogP contribution is 2.31. The summed E-state index contributed by atoms with van der Waals surface area (Å²) in [5, 5.41) is 27.2. The Kier molecular flexibility index (Phi) is 11.9. The van der Waals surface area contributed by atoms with Crippen molar-refractivity contribution < 1.29 is 19.8 Å². The Hall–Kier alpha value is -2.61. The van der Waals surface area contributed by atoms with Crippen LogP contribution in [0.1, 0.15) is 48.9 Å². The van der Waals surface area contributed by atoms with E-state index >= 15 is 0 Å². The molecule has 0 fully saturated rings. The number of halogens is 1. The van der Waals surface area contributed by atoms with Gasteiger partial charge in [0.2, 0.25) is 0 Å². The van der Waals surface area contributed by atoms with Crippen LogP contribution in [0.15, 0.2) is 36.4 Å². The monoisotopic (exact) mass is 489 g/mol. The molecule has 186 valence electrons. The maximum absolute atomic E-state index is 9.64. The summed E-state index contributed by atoms with van der Waals surface area (Å²) in [4.78, 5) is 19.3. The molecule has 1 heterocycles.